The number of carbonyl (C=O) groups is 4. The molecule has 31 heavy (non-hydrogen) atoms. The number of nitrogens with zero attached hydrogens (tertiary/aromatic N) is 1. The lowest BCUT2D eigenvalue weighted by Gasteiger charge is -2.28. The summed E-state index contributed by atoms with van der Waals surface area (Å²) in [5, 5.41) is 2.64. The monoisotopic (exact) mass is 440 g/mol. The average molecular weight is 441 g/mol. The average Bonchev–Trinajstić information content (AvgIpc) is 3.07. The van der Waals surface area contributed by atoms with E-state index in [1.807, 2.05) is 6.08 Å². The largest absolute Gasteiger partial charge is 0.467 e. The zero-order valence-corrected chi connectivity index (χ0v) is 19.3. The van der Waals surface area contributed by atoms with E-state index in [0.29, 0.717) is 12.8 Å². The first-order chi connectivity index (χ1) is 14.5. The molecule has 0 aliphatic carbocycles. The standard InChI is InChI=1S/C22H36N2O7/c1-7-8-9-10-11-12-17(23-21(28)31-22(3,4)5)19(26)24-14-16(30-15(2)25)13-18(24)20(27)29-6/h7,16-18H,1,8-14H2,2-6H3,(H,23,28)/t16-,17+,18+/m1/s1. The Bertz CT molecular complexity index is 657. The van der Waals surface area contributed by atoms with Crippen LogP contribution >= 0.6 is 0 Å². The van der Waals surface area contributed by atoms with Gasteiger partial charge in [-0.15, -0.1) is 6.58 Å². The highest BCUT2D eigenvalue weighted by Gasteiger charge is 2.44. The molecule has 1 rings (SSSR count). The second-order valence-corrected chi connectivity index (χ2v) is 8.62. The topological polar surface area (TPSA) is 111 Å². The molecule has 1 heterocycles. The van der Waals surface area contributed by atoms with Crippen molar-refractivity contribution in [2.45, 2.75) is 90.0 Å². The Hall–Kier alpha value is -2.58. The number of nitrogens with one attached hydrogen (secondary N) is 1. The van der Waals surface area contributed by atoms with Crippen LogP contribution in [0, 0.1) is 0 Å². The number of amides is 2. The van der Waals surface area contributed by atoms with E-state index in [1.165, 1.54) is 18.9 Å². The number of esters is 2. The smallest absolute Gasteiger partial charge is 0.408 e. The number of hydrogen-bond acceptors (Lipinski definition) is 7. The number of alkyl carbamates (subject to hydrolysis) is 1. The molecule has 0 aromatic rings. The summed E-state index contributed by atoms with van der Waals surface area (Å²) >= 11 is 0. The highest BCUT2D eigenvalue weighted by Crippen LogP contribution is 2.24. The van der Waals surface area contributed by atoms with Gasteiger partial charge in [0.15, 0.2) is 0 Å². The summed E-state index contributed by atoms with van der Waals surface area (Å²) in [5.41, 5.74) is -0.718. The van der Waals surface area contributed by atoms with E-state index in [4.69, 9.17) is 14.2 Å². The number of hydrogen-bond donors (Lipinski definition) is 1. The van der Waals surface area contributed by atoms with E-state index in [9.17, 15) is 19.2 Å². The molecule has 1 aliphatic heterocycles. The fourth-order valence-corrected chi connectivity index (χ4v) is 3.44. The van der Waals surface area contributed by atoms with Gasteiger partial charge < -0.3 is 24.4 Å². The van der Waals surface area contributed by atoms with Crippen LogP contribution in [0.25, 0.3) is 0 Å². The Morgan fingerprint density at radius 2 is 1.87 bits per heavy atom. The Balaban J connectivity index is 2.96. The number of unbranched alkanes of at least 4 members (excludes halogenated alkanes) is 3. The molecule has 2 amide bonds. The van der Waals surface area contributed by atoms with Crippen LogP contribution in [0.4, 0.5) is 4.79 Å². The van der Waals surface area contributed by atoms with E-state index >= 15 is 0 Å². The third kappa shape index (κ3) is 9.40. The summed E-state index contributed by atoms with van der Waals surface area (Å²) in [6, 6.07) is -1.76. The van der Waals surface area contributed by atoms with Crippen LogP contribution in [0.3, 0.4) is 0 Å². The predicted octanol–water partition coefficient (Wildman–Crippen LogP) is 2.72. The van der Waals surface area contributed by atoms with E-state index < -0.39 is 47.7 Å². The third-order valence-electron chi connectivity index (χ3n) is 4.74. The van der Waals surface area contributed by atoms with E-state index in [2.05, 4.69) is 11.9 Å². The fourth-order valence-electron chi connectivity index (χ4n) is 3.44. The lowest BCUT2D eigenvalue weighted by Crippen LogP contribution is -2.52. The molecule has 0 unspecified atom stereocenters. The molecular weight excluding hydrogens is 404 g/mol. The molecule has 1 aliphatic rings. The summed E-state index contributed by atoms with van der Waals surface area (Å²) in [7, 11) is 1.24. The van der Waals surface area contributed by atoms with Crippen molar-refractivity contribution in [2.75, 3.05) is 13.7 Å². The van der Waals surface area contributed by atoms with Gasteiger partial charge in [-0.2, -0.15) is 0 Å². The highest BCUT2D eigenvalue weighted by atomic mass is 16.6. The van der Waals surface area contributed by atoms with Gasteiger partial charge in [0.1, 0.15) is 23.8 Å². The van der Waals surface area contributed by atoms with Crippen molar-refractivity contribution >= 4 is 23.9 Å². The van der Waals surface area contributed by atoms with Crippen molar-refractivity contribution in [3.8, 4) is 0 Å². The van der Waals surface area contributed by atoms with Crippen LogP contribution in [0.15, 0.2) is 12.7 Å². The van der Waals surface area contributed by atoms with E-state index in [1.54, 1.807) is 20.8 Å². The van der Waals surface area contributed by atoms with Crippen molar-refractivity contribution in [1.29, 1.82) is 0 Å². The predicted molar refractivity (Wildman–Crippen MR) is 114 cm³/mol. The summed E-state index contributed by atoms with van der Waals surface area (Å²) < 4.78 is 15.3. The van der Waals surface area contributed by atoms with Gasteiger partial charge in [0, 0.05) is 13.3 Å². The second-order valence-electron chi connectivity index (χ2n) is 8.62. The maximum atomic E-state index is 13.3. The summed E-state index contributed by atoms with van der Waals surface area (Å²) in [6.45, 7) is 10.2. The normalized spacial score (nSPS) is 19.3. The maximum Gasteiger partial charge on any atom is 0.408 e. The van der Waals surface area contributed by atoms with Crippen molar-refractivity contribution in [3.63, 3.8) is 0 Å². The molecule has 176 valence electrons. The Morgan fingerprint density at radius 1 is 1.19 bits per heavy atom. The molecule has 1 fully saturated rings. The van der Waals surface area contributed by atoms with E-state index in [-0.39, 0.29) is 13.0 Å². The quantitative estimate of drug-likeness (QED) is 0.241. The number of rotatable bonds is 10. The van der Waals surface area contributed by atoms with Crippen molar-refractivity contribution in [2.24, 2.45) is 0 Å². The SMILES string of the molecule is C=CCCCCC[C@H](NC(=O)OC(C)(C)C)C(=O)N1C[C@H](OC(C)=O)C[C@H]1C(=O)OC. The van der Waals surface area contributed by atoms with Gasteiger partial charge in [-0.3, -0.25) is 9.59 Å². The molecule has 3 atom stereocenters. The molecule has 9 nitrogen and oxygen atoms in total. The molecule has 9 heteroatoms. The summed E-state index contributed by atoms with van der Waals surface area (Å²) in [5.74, 6) is -1.52. The van der Waals surface area contributed by atoms with Crippen LogP contribution in [0.1, 0.15) is 66.2 Å². The maximum absolute atomic E-state index is 13.3. The third-order valence-corrected chi connectivity index (χ3v) is 4.74. The highest BCUT2D eigenvalue weighted by molar-refractivity contribution is 5.90. The first kappa shape index (κ1) is 26.5. The Kier molecular flexibility index (Phi) is 10.5. The Morgan fingerprint density at radius 3 is 2.42 bits per heavy atom. The number of likely N-dealkylation sites (tertiary alicyclic amines) is 1. The van der Waals surface area contributed by atoms with Gasteiger partial charge in [0.05, 0.1) is 13.7 Å². The Labute approximate surface area is 184 Å². The molecule has 0 spiro atoms. The lowest BCUT2D eigenvalue weighted by molar-refractivity contribution is -0.151. The van der Waals surface area contributed by atoms with Crippen molar-refractivity contribution in [3.05, 3.63) is 12.7 Å². The van der Waals surface area contributed by atoms with Crippen molar-refractivity contribution < 1.29 is 33.4 Å². The molecule has 0 aromatic heterocycles. The minimum absolute atomic E-state index is 0.0567. The molecular formula is C22H36N2O7. The molecule has 1 N–H and O–H groups in total. The van der Waals surface area contributed by atoms with Gasteiger partial charge in [-0.25, -0.2) is 9.59 Å². The van der Waals surface area contributed by atoms with Gasteiger partial charge in [0.2, 0.25) is 5.91 Å². The molecule has 0 saturated carbocycles. The van der Waals surface area contributed by atoms with Crippen LogP contribution in [0.2, 0.25) is 0 Å². The first-order valence-corrected chi connectivity index (χ1v) is 10.6. The van der Waals surface area contributed by atoms with Gasteiger partial charge in [-0.05, 0) is 40.0 Å². The first-order valence-electron chi connectivity index (χ1n) is 10.6. The van der Waals surface area contributed by atoms with Crippen LogP contribution in [-0.4, -0.2) is 66.3 Å². The summed E-state index contributed by atoms with van der Waals surface area (Å²) in [6.07, 6.45) is 4.42. The number of allylic oxidation sites excluding steroid dienone is 1. The lowest BCUT2D eigenvalue weighted by atomic mass is 10.1. The second kappa shape index (κ2) is 12.3. The van der Waals surface area contributed by atoms with Gasteiger partial charge in [0.25, 0.3) is 0 Å². The zero-order valence-electron chi connectivity index (χ0n) is 19.3. The van der Waals surface area contributed by atoms with Crippen LogP contribution in [-0.2, 0) is 28.6 Å². The number of ether oxygens (including phenoxy) is 3. The number of carbonyl (C=O) groups excluding carboxylic acids is 4. The molecule has 1 saturated heterocycles. The minimum Gasteiger partial charge on any atom is -0.467 e. The molecule has 0 bridgehead atoms. The van der Waals surface area contributed by atoms with Gasteiger partial charge in [-0.1, -0.05) is 18.9 Å². The van der Waals surface area contributed by atoms with Crippen molar-refractivity contribution in [1.82, 2.24) is 10.2 Å². The molecule has 0 aromatic carbocycles. The van der Waals surface area contributed by atoms with Gasteiger partial charge >= 0.3 is 18.0 Å². The minimum atomic E-state index is -0.884. The van der Waals surface area contributed by atoms with E-state index in [0.717, 1.165) is 19.3 Å². The summed E-state index contributed by atoms with van der Waals surface area (Å²) in [4.78, 5) is 50.6. The van der Waals surface area contributed by atoms with Crippen LogP contribution in [0.5, 0.6) is 0 Å². The van der Waals surface area contributed by atoms with Crippen LogP contribution < -0.4 is 5.32 Å². The molecule has 0 radical (unpaired) electrons. The number of methoxy groups -OCH3 is 1. The zero-order chi connectivity index (χ0) is 23.6. The fraction of sp³-hybridized carbons (Fsp3) is 0.727.